The first-order valence-electron chi connectivity index (χ1n) is 11.0. The fourth-order valence-electron chi connectivity index (χ4n) is 5.13. The minimum Gasteiger partial charge on any atom is -0.486 e. The quantitative estimate of drug-likeness (QED) is 0.822. The van der Waals surface area contributed by atoms with Gasteiger partial charge in [-0.25, -0.2) is 0 Å². The lowest BCUT2D eigenvalue weighted by molar-refractivity contribution is -0.137. The fraction of sp³-hybridized carbons (Fsp3) is 0.652. The summed E-state index contributed by atoms with van der Waals surface area (Å²) >= 11 is 0. The number of carbonyl (C=O) groups excluding carboxylic acids is 2. The minimum atomic E-state index is -0.0412. The van der Waals surface area contributed by atoms with Gasteiger partial charge in [0.05, 0.1) is 6.04 Å². The van der Waals surface area contributed by atoms with E-state index in [0.717, 1.165) is 37.3 Å². The molecule has 0 saturated heterocycles. The average Bonchev–Trinajstić information content (AvgIpc) is 3.21. The monoisotopic (exact) mass is 400 g/mol. The molecule has 158 valence electrons. The van der Waals surface area contributed by atoms with Crippen molar-refractivity contribution in [3.8, 4) is 11.5 Å². The van der Waals surface area contributed by atoms with Crippen LogP contribution in [0.25, 0.3) is 0 Å². The Hall–Kier alpha value is -2.24. The van der Waals surface area contributed by atoms with Gasteiger partial charge in [0.1, 0.15) is 13.2 Å². The molecule has 0 aromatic heterocycles. The second kappa shape index (κ2) is 8.25. The molecule has 1 aromatic carbocycles. The second-order valence-electron chi connectivity index (χ2n) is 8.62. The fourth-order valence-corrected chi connectivity index (χ4v) is 5.13. The summed E-state index contributed by atoms with van der Waals surface area (Å²) in [5.74, 6) is 1.64. The molecule has 0 radical (unpaired) electrons. The highest BCUT2D eigenvalue weighted by atomic mass is 16.6. The number of fused-ring (bicyclic) bond motifs is 3. The van der Waals surface area contributed by atoms with Crippen LogP contribution in [0.2, 0.25) is 0 Å². The lowest BCUT2D eigenvalue weighted by Crippen LogP contribution is -2.48. The largest absolute Gasteiger partial charge is 0.486 e. The van der Waals surface area contributed by atoms with Gasteiger partial charge in [-0.15, -0.1) is 0 Å². The van der Waals surface area contributed by atoms with Crippen molar-refractivity contribution in [2.24, 2.45) is 0 Å². The Morgan fingerprint density at radius 3 is 2.52 bits per heavy atom. The molecule has 0 bridgehead atoms. The molecule has 4 rings (SSSR count). The Bertz CT molecular complexity index is 785. The van der Waals surface area contributed by atoms with Crippen LogP contribution in [0, 0.1) is 0 Å². The maximum atomic E-state index is 13.1. The first-order valence-corrected chi connectivity index (χ1v) is 11.0. The van der Waals surface area contributed by atoms with Crippen molar-refractivity contribution >= 4 is 11.8 Å². The third kappa shape index (κ3) is 3.81. The molecule has 6 nitrogen and oxygen atoms in total. The Morgan fingerprint density at radius 2 is 1.83 bits per heavy atom. The van der Waals surface area contributed by atoms with Gasteiger partial charge in [-0.1, -0.05) is 19.8 Å². The molecule has 1 fully saturated rings. The Kier molecular flexibility index (Phi) is 5.70. The van der Waals surface area contributed by atoms with Crippen LogP contribution in [0.1, 0.15) is 76.0 Å². The van der Waals surface area contributed by atoms with Crippen molar-refractivity contribution in [3.05, 3.63) is 23.3 Å². The third-order valence-corrected chi connectivity index (χ3v) is 6.70. The number of amides is 2. The number of nitrogens with zero attached hydrogens (tertiary/aromatic N) is 1. The summed E-state index contributed by atoms with van der Waals surface area (Å²) in [6, 6.07) is 4.23. The maximum Gasteiger partial charge on any atom is 0.223 e. The van der Waals surface area contributed by atoms with Gasteiger partial charge in [0.2, 0.25) is 11.8 Å². The number of benzene rings is 1. The van der Waals surface area contributed by atoms with Crippen molar-refractivity contribution < 1.29 is 19.1 Å². The normalized spacial score (nSPS) is 21.7. The molecule has 1 atom stereocenters. The van der Waals surface area contributed by atoms with Crippen molar-refractivity contribution in [1.29, 1.82) is 0 Å². The summed E-state index contributed by atoms with van der Waals surface area (Å²) in [5, 5.41) is 2.86. The minimum absolute atomic E-state index is 0.00217. The van der Waals surface area contributed by atoms with Crippen LogP contribution in [-0.2, 0) is 15.0 Å². The van der Waals surface area contributed by atoms with E-state index in [2.05, 4.69) is 24.4 Å². The van der Waals surface area contributed by atoms with Gasteiger partial charge >= 0.3 is 0 Å². The molecule has 1 aromatic rings. The van der Waals surface area contributed by atoms with Crippen LogP contribution in [0.15, 0.2) is 12.1 Å². The highest BCUT2D eigenvalue weighted by Gasteiger charge is 2.46. The maximum absolute atomic E-state index is 13.1. The summed E-state index contributed by atoms with van der Waals surface area (Å²) in [6.45, 7) is 6.64. The van der Waals surface area contributed by atoms with Crippen LogP contribution in [0.3, 0.4) is 0 Å². The number of hydrogen-bond acceptors (Lipinski definition) is 4. The van der Waals surface area contributed by atoms with Gasteiger partial charge in [0, 0.05) is 31.3 Å². The van der Waals surface area contributed by atoms with Gasteiger partial charge in [-0.3, -0.25) is 9.59 Å². The van der Waals surface area contributed by atoms with Crippen molar-refractivity contribution in [3.63, 3.8) is 0 Å². The zero-order valence-electron chi connectivity index (χ0n) is 17.6. The van der Waals surface area contributed by atoms with Gasteiger partial charge in [0.15, 0.2) is 11.5 Å². The van der Waals surface area contributed by atoms with E-state index in [1.165, 1.54) is 24.0 Å². The number of hydrogen-bond donors (Lipinski definition) is 1. The lowest BCUT2D eigenvalue weighted by Gasteiger charge is -2.46. The van der Waals surface area contributed by atoms with Crippen LogP contribution in [0.4, 0.5) is 0 Å². The average molecular weight is 401 g/mol. The predicted octanol–water partition coefficient (Wildman–Crippen LogP) is 3.48. The van der Waals surface area contributed by atoms with E-state index in [1.54, 1.807) is 0 Å². The Labute approximate surface area is 172 Å². The lowest BCUT2D eigenvalue weighted by atomic mass is 9.71. The first kappa shape index (κ1) is 20.0. The zero-order chi connectivity index (χ0) is 20.4. The van der Waals surface area contributed by atoms with E-state index in [4.69, 9.17) is 9.47 Å². The molecule has 2 amide bonds. The van der Waals surface area contributed by atoms with Crippen molar-refractivity contribution in [2.75, 3.05) is 26.3 Å². The third-order valence-electron chi connectivity index (χ3n) is 6.70. The van der Waals surface area contributed by atoms with Crippen LogP contribution in [-0.4, -0.2) is 43.0 Å². The van der Waals surface area contributed by atoms with Crippen molar-refractivity contribution in [2.45, 2.75) is 70.3 Å². The molecule has 1 spiro atoms. The topological polar surface area (TPSA) is 67.9 Å². The molecule has 6 heteroatoms. The number of nitrogens with one attached hydrogen (secondary N) is 1. The summed E-state index contributed by atoms with van der Waals surface area (Å²) in [5.41, 5.74) is 2.50. The van der Waals surface area contributed by atoms with E-state index < -0.39 is 0 Å². The highest BCUT2D eigenvalue weighted by Crippen LogP contribution is 2.52. The molecule has 1 saturated carbocycles. The van der Waals surface area contributed by atoms with Gasteiger partial charge in [-0.2, -0.15) is 0 Å². The molecular formula is C23H32N2O4. The van der Waals surface area contributed by atoms with Crippen LogP contribution >= 0.6 is 0 Å². The van der Waals surface area contributed by atoms with E-state index >= 15 is 0 Å². The SMILES string of the molecule is CCCNC(=O)CCC(=O)N1CC2(CCCC2)c2cc3c(cc2C1C)OCCO3. The summed E-state index contributed by atoms with van der Waals surface area (Å²) in [6.07, 6.45) is 5.96. The molecule has 3 aliphatic rings. The van der Waals surface area contributed by atoms with Crippen LogP contribution in [0.5, 0.6) is 11.5 Å². The second-order valence-corrected chi connectivity index (χ2v) is 8.62. The molecule has 2 aliphatic heterocycles. The molecule has 1 N–H and O–H groups in total. The summed E-state index contributed by atoms with van der Waals surface area (Å²) in [4.78, 5) is 27.1. The zero-order valence-corrected chi connectivity index (χ0v) is 17.6. The van der Waals surface area contributed by atoms with E-state index in [9.17, 15) is 9.59 Å². The molecule has 2 heterocycles. The van der Waals surface area contributed by atoms with E-state index in [-0.39, 0.29) is 36.1 Å². The molecule has 1 unspecified atom stereocenters. The van der Waals surface area contributed by atoms with Crippen molar-refractivity contribution in [1.82, 2.24) is 10.2 Å². The molecule has 29 heavy (non-hydrogen) atoms. The molecule has 1 aliphatic carbocycles. The van der Waals surface area contributed by atoms with E-state index in [1.807, 2.05) is 11.8 Å². The Morgan fingerprint density at radius 1 is 1.14 bits per heavy atom. The molecular weight excluding hydrogens is 368 g/mol. The highest BCUT2D eigenvalue weighted by molar-refractivity contribution is 5.84. The number of carbonyl (C=O) groups is 2. The number of rotatable bonds is 5. The smallest absolute Gasteiger partial charge is 0.223 e. The first-order chi connectivity index (χ1) is 14.0. The van der Waals surface area contributed by atoms with E-state index in [0.29, 0.717) is 19.8 Å². The predicted molar refractivity (Wildman–Crippen MR) is 110 cm³/mol. The standard InChI is InChI=1S/C23H32N2O4/c1-3-10-24-21(26)6-7-22(27)25-15-23(8-4-5-9-23)18-14-20-19(28-11-12-29-20)13-17(18)16(25)2/h13-14,16H,3-12,15H2,1-2H3,(H,24,26). The summed E-state index contributed by atoms with van der Waals surface area (Å²) in [7, 11) is 0. The van der Waals surface area contributed by atoms with Gasteiger partial charge in [0.25, 0.3) is 0 Å². The Balaban J connectivity index is 1.58. The van der Waals surface area contributed by atoms with Crippen LogP contribution < -0.4 is 14.8 Å². The number of ether oxygens (including phenoxy) is 2. The van der Waals surface area contributed by atoms with Gasteiger partial charge < -0.3 is 19.7 Å². The van der Waals surface area contributed by atoms with Gasteiger partial charge in [-0.05, 0) is 49.4 Å². The summed E-state index contributed by atoms with van der Waals surface area (Å²) < 4.78 is 11.7.